The molecule has 0 bridgehead atoms. The van der Waals surface area contributed by atoms with Crippen LogP contribution in [0.15, 0.2) is 16.5 Å². The third-order valence-electron chi connectivity index (χ3n) is 3.96. The van der Waals surface area contributed by atoms with Gasteiger partial charge in [-0.2, -0.15) is 0 Å². The molecule has 1 aromatic rings. The highest BCUT2D eigenvalue weighted by Crippen LogP contribution is 2.31. The Hall–Kier alpha value is -0.840. The summed E-state index contributed by atoms with van der Waals surface area (Å²) in [6.07, 6.45) is 1.16. The van der Waals surface area contributed by atoms with Crippen molar-refractivity contribution in [2.75, 3.05) is 20.2 Å². The van der Waals surface area contributed by atoms with E-state index in [1.165, 1.54) is 0 Å². The minimum atomic E-state index is -0.0549. The number of aryl methyl sites for hydroxylation is 1. The van der Waals surface area contributed by atoms with E-state index in [9.17, 15) is 0 Å². The minimum absolute atomic E-state index is 0.0549. The lowest BCUT2D eigenvalue weighted by Crippen LogP contribution is -2.56. The fourth-order valence-corrected chi connectivity index (χ4v) is 2.66. The molecule has 1 aliphatic heterocycles. The predicted octanol–water partition coefficient (Wildman–Crippen LogP) is 1.53. The first-order valence-corrected chi connectivity index (χ1v) is 6.17. The van der Waals surface area contributed by atoms with Crippen LogP contribution in [-0.4, -0.2) is 36.7 Å². The molecule has 0 amide bonds. The highest BCUT2D eigenvalue weighted by atomic mass is 16.5. The van der Waals surface area contributed by atoms with E-state index >= 15 is 0 Å². The summed E-state index contributed by atoms with van der Waals surface area (Å²) in [4.78, 5) is 2.27. The first-order chi connectivity index (χ1) is 8.08. The van der Waals surface area contributed by atoms with Gasteiger partial charge in [-0.05, 0) is 39.4 Å². The summed E-state index contributed by atoms with van der Waals surface area (Å²) in [5.74, 6) is 1.93. The van der Waals surface area contributed by atoms with E-state index in [0.717, 1.165) is 31.1 Å². The van der Waals surface area contributed by atoms with E-state index < -0.39 is 0 Å². The number of nitrogens with zero attached hydrogens (tertiary/aromatic N) is 1. The van der Waals surface area contributed by atoms with Crippen LogP contribution >= 0.6 is 0 Å². The third kappa shape index (κ3) is 2.25. The van der Waals surface area contributed by atoms with Crippen LogP contribution in [0, 0.1) is 6.92 Å². The molecule has 2 atom stereocenters. The van der Waals surface area contributed by atoms with Crippen molar-refractivity contribution in [2.24, 2.45) is 5.73 Å². The van der Waals surface area contributed by atoms with Crippen molar-refractivity contribution in [2.45, 2.75) is 38.5 Å². The third-order valence-corrected chi connectivity index (χ3v) is 3.96. The van der Waals surface area contributed by atoms with Crippen molar-refractivity contribution in [3.05, 3.63) is 23.7 Å². The molecule has 0 radical (unpaired) electrons. The largest absolute Gasteiger partial charge is 0.465 e. The van der Waals surface area contributed by atoms with Crippen molar-refractivity contribution in [1.29, 1.82) is 0 Å². The van der Waals surface area contributed by atoms with Gasteiger partial charge in [0, 0.05) is 13.2 Å². The molecule has 0 spiro atoms. The second-order valence-corrected chi connectivity index (χ2v) is 4.94. The molecule has 2 heterocycles. The average Bonchev–Trinajstić information content (AvgIpc) is 2.86. The quantitative estimate of drug-likeness (QED) is 0.864. The summed E-state index contributed by atoms with van der Waals surface area (Å²) in [5.41, 5.74) is 5.91. The molecule has 4 heteroatoms. The Balaban J connectivity index is 2.10. The number of hydrogen-bond acceptors (Lipinski definition) is 4. The monoisotopic (exact) mass is 238 g/mol. The number of nitrogens with two attached hydrogens (primary N) is 1. The normalized spacial score (nSPS) is 29.1. The zero-order valence-electron chi connectivity index (χ0n) is 10.9. The van der Waals surface area contributed by atoms with Crippen molar-refractivity contribution in [3.63, 3.8) is 0 Å². The maximum Gasteiger partial charge on any atom is 0.118 e. The predicted molar refractivity (Wildman–Crippen MR) is 66.7 cm³/mol. The molecular formula is C13H22N2O2. The minimum Gasteiger partial charge on any atom is -0.465 e. The molecule has 1 saturated heterocycles. The van der Waals surface area contributed by atoms with Gasteiger partial charge in [-0.15, -0.1) is 0 Å². The van der Waals surface area contributed by atoms with Crippen LogP contribution in [0.5, 0.6) is 0 Å². The number of ether oxygens (including phenoxy) is 1. The van der Waals surface area contributed by atoms with Gasteiger partial charge < -0.3 is 14.9 Å². The molecule has 2 N–H and O–H groups in total. The maximum atomic E-state index is 5.97. The van der Waals surface area contributed by atoms with E-state index in [0.29, 0.717) is 6.54 Å². The fourth-order valence-electron chi connectivity index (χ4n) is 2.66. The molecule has 1 aromatic heterocycles. The van der Waals surface area contributed by atoms with E-state index in [4.69, 9.17) is 14.9 Å². The van der Waals surface area contributed by atoms with Crippen molar-refractivity contribution in [1.82, 2.24) is 4.90 Å². The number of hydrogen-bond donors (Lipinski definition) is 1. The van der Waals surface area contributed by atoms with Crippen molar-refractivity contribution in [3.8, 4) is 0 Å². The van der Waals surface area contributed by atoms with Gasteiger partial charge in [-0.25, -0.2) is 0 Å². The number of likely N-dealkylation sites (N-methyl/N-ethyl adjacent to an activating group) is 1. The summed E-state index contributed by atoms with van der Waals surface area (Å²) in [6, 6.07) is 4.02. The smallest absolute Gasteiger partial charge is 0.118 e. The van der Waals surface area contributed by atoms with Crippen LogP contribution in [0.2, 0.25) is 0 Å². The zero-order chi connectivity index (χ0) is 12.5. The molecule has 0 saturated carbocycles. The first-order valence-electron chi connectivity index (χ1n) is 6.17. The van der Waals surface area contributed by atoms with Crippen LogP contribution in [-0.2, 0) is 11.3 Å². The molecule has 1 aliphatic rings. The van der Waals surface area contributed by atoms with Crippen LogP contribution < -0.4 is 5.73 Å². The molecule has 2 rings (SSSR count). The average molecular weight is 238 g/mol. The lowest BCUT2D eigenvalue weighted by Gasteiger charge is -2.39. The molecule has 4 nitrogen and oxygen atoms in total. The SMILES string of the molecule is Cc1ccc(CN(C)C2(CN)CCOC2C)o1. The molecule has 17 heavy (non-hydrogen) atoms. The van der Waals surface area contributed by atoms with Gasteiger partial charge in [0.2, 0.25) is 0 Å². The van der Waals surface area contributed by atoms with E-state index in [1.807, 2.05) is 19.1 Å². The first kappa shape index (κ1) is 12.6. The van der Waals surface area contributed by atoms with Crippen molar-refractivity contribution >= 4 is 0 Å². The second-order valence-electron chi connectivity index (χ2n) is 4.94. The van der Waals surface area contributed by atoms with Gasteiger partial charge in [0.1, 0.15) is 11.5 Å². The summed E-state index contributed by atoms with van der Waals surface area (Å²) in [7, 11) is 2.09. The number of rotatable bonds is 4. The second kappa shape index (κ2) is 4.80. The van der Waals surface area contributed by atoms with E-state index in [1.54, 1.807) is 0 Å². The summed E-state index contributed by atoms with van der Waals surface area (Å²) in [5, 5.41) is 0. The van der Waals surface area contributed by atoms with Gasteiger partial charge in [-0.3, -0.25) is 4.90 Å². The Bertz CT molecular complexity index is 377. The zero-order valence-corrected chi connectivity index (χ0v) is 10.9. The summed E-state index contributed by atoms with van der Waals surface area (Å²) < 4.78 is 11.3. The van der Waals surface area contributed by atoms with Gasteiger partial charge in [0.15, 0.2) is 0 Å². The Morgan fingerprint density at radius 3 is 2.76 bits per heavy atom. The van der Waals surface area contributed by atoms with Crippen LogP contribution in [0.25, 0.3) is 0 Å². The highest BCUT2D eigenvalue weighted by Gasteiger charge is 2.43. The fraction of sp³-hybridized carbons (Fsp3) is 0.692. The topological polar surface area (TPSA) is 51.6 Å². The molecule has 0 aliphatic carbocycles. The van der Waals surface area contributed by atoms with Crippen LogP contribution in [0.1, 0.15) is 24.9 Å². The number of furan rings is 1. The summed E-state index contributed by atoms with van der Waals surface area (Å²) in [6.45, 7) is 6.25. The van der Waals surface area contributed by atoms with Crippen LogP contribution in [0.3, 0.4) is 0 Å². The van der Waals surface area contributed by atoms with Crippen LogP contribution in [0.4, 0.5) is 0 Å². The Labute approximate surface area is 103 Å². The molecule has 0 aromatic carbocycles. The van der Waals surface area contributed by atoms with Gasteiger partial charge in [-0.1, -0.05) is 0 Å². The standard InChI is InChI=1S/C13H22N2O2/c1-10-4-5-12(17-10)8-15(3)13(9-14)6-7-16-11(13)2/h4-5,11H,6-9,14H2,1-3H3. The lowest BCUT2D eigenvalue weighted by atomic mass is 9.90. The Morgan fingerprint density at radius 2 is 2.29 bits per heavy atom. The molecular weight excluding hydrogens is 216 g/mol. The van der Waals surface area contributed by atoms with Gasteiger partial charge in [0.25, 0.3) is 0 Å². The summed E-state index contributed by atoms with van der Waals surface area (Å²) >= 11 is 0. The lowest BCUT2D eigenvalue weighted by molar-refractivity contribution is 0.0215. The van der Waals surface area contributed by atoms with Gasteiger partial charge >= 0.3 is 0 Å². The van der Waals surface area contributed by atoms with Gasteiger partial charge in [0.05, 0.1) is 18.2 Å². The van der Waals surface area contributed by atoms with E-state index in [-0.39, 0.29) is 11.6 Å². The van der Waals surface area contributed by atoms with E-state index in [2.05, 4.69) is 18.9 Å². The maximum absolute atomic E-state index is 5.97. The highest BCUT2D eigenvalue weighted by molar-refractivity contribution is 5.07. The van der Waals surface area contributed by atoms with Crippen molar-refractivity contribution < 1.29 is 9.15 Å². The molecule has 1 fully saturated rings. The molecule has 96 valence electrons. The molecule has 2 unspecified atom stereocenters. The Kier molecular flexibility index (Phi) is 3.56. The Morgan fingerprint density at radius 1 is 1.53 bits per heavy atom.